The summed E-state index contributed by atoms with van der Waals surface area (Å²) >= 11 is 5.93. The quantitative estimate of drug-likeness (QED) is 0.673. The van der Waals surface area contributed by atoms with Crippen LogP contribution < -0.4 is 5.73 Å². The zero-order valence-electron chi connectivity index (χ0n) is 12.8. The zero-order chi connectivity index (χ0) is 16.1. The largest absolute Gasteiger partial charge is 0.383 e. The molecule has 1 fully saturated rings. The van der Waals surface area contributed by atoms with E-state index in [0.29, 0.717) is 16.8 Å². The van der Waals surface area contributed by atoms with Gasteiger partial charge >= 0.3 is 0 Å². The number of benzene rings is 2. The summed E-state index contributed by atoms with van der Waals surface area (Å²) in [7, 11) is 0. The average molecular weight is 327 g/mol. The minimum absolute atomic E-state index is 0.477. The molecule has 1 saturated heterocycles. The van der Waals surface area contributed by atoms with E-state index in [-0.39, 0.29) is 0 Å². The van der Waals surface area contributed by atoms with E-state index >= 15 is 0 Å². The molecule has 1 heterocycles. The van der Waals surface area contributed by atoms with Crippen LogP contribution in [0.2, 0.25) is 5.02 Å². The predicted octanol–water partition coefficient (Wildman–Crippen LogP) is 3.83. The van der Waals surface area contributed by atoms with Crippen LogP contribution in [0.15, 0.2) is 64.6 Å². The van der Waals surface area contributed by atoms with E-state index in [1.54, 1.807) is 0 Å². The lowest BCUT2D eigenvalue weighted by Gasteiger charge is -2.17. The Morgan fingerprint density at radius 2 is 1.61 bits per heavy atom. The Bertz CT molecular complexity index is 702. The van der Waals surface area contributed by atoms with Crippen molar-refractivity contribution in [3.8, 4) is 0 Å². The van der Waals surface area contributed by atoms with Crippen LogP contribution in [0.1, 0.15) is 18.4 Å². The molecule has 2 aromatic carbocycles. The fourth-order valence-corrected chi connectivity index (χ4v) is 2.62. The molecule has 23 heavy (non-hydrogen) atoms. The Morgan fingerprint density at radius 3 is 2.26 bits per heavy atom. The van der Waals surface area contributed by atoms with Crippen molar-refractivity contribution >= 4 is 29.1 Å². The first-order valence-electron chi connectivity index (χ1n) is 7.71. The van der Waals surface area contributed by atoms with Gasteiger partial charge in [-0.2, -0.15) is 4.99 Å². The van der Waals surface area contributed by atoms with Crippen molar-refractivity contribution in [1.29, 1.82) is 0 Å². The Kier molecular flexibility index (Phi) is 4.93. The first-order chi connectivity index (χ1) is 11.2. The van der Waals surface area contributed by atoms with Gasteiger partial charge in [-0.3, -0.25) is 0 Å². The van der Waals surface area contributed by atoms with Crippen LogP contribution in [-0.2, 0) is 0 Å². The third kappa shape index (κ3) is 4.11. The molecule has 1 aliphatic rings. The Hall–Kier alpha value is -2.33. The number of rotatable bonds is 2. The lowest BCUT2D eigenvalue weighted by Crippen LogP contribution is -2.29. The molecule has 0 aromatic heterocycles. The number of guanidine groups is 1. The monoisotopic (exact) mass is 326 g/mol. The Morgan fingerprint density at radius 1 is 0.957 bits per heavy atom. The average Bonchev–Trinajstić information content (AvgIpc) is 3.11. The minimum Gasteiger partial charge on any atom is -0.383 e. The highest BCUT2D eigenvalue weighted by molar-refractivity contribution is 6.30. The first-order valence-corrected chi connectivity index (χ1v) is 8.09. The van der Waals surface area contributed by atoms with Gasteiger partial charge in [0.2, 0.25) is 5.96 Å². The standard InChI is InChI=1S/C18H19ClN4/c19-15-8-10-16(11-9-15)21-18(23-12-4-5-13-23)22-17(20)14-6-2-1-3-7-14/h1-3,6-11H,4-5,12-13H2,(H2,20,21,22). The molecule has 0 saturated carbocycles. The SMILES string of the molecule is N/C(=N\C(=Nc1ccc(Cl)cc1)N1CCCC1)c1ccccc1. The number of nitrogens with two attached hydrogens (primary N) is 1. The molecule has 0 aliphatic carbocycles. The Labute approximate surface area is 141 Å². The van der Waals surface area contributed by atoms with Gasteiger partial charge in [0.05, 0.1) is 5.69 Å². The molecule has 0 atom stereocenters. The van der Waals surface area contributed by atoms with Crippen molar-refractivity contribution in [2.45, 2.75) is 12.8 Å². The summed E-state index contributed by atoms with van der Waals surface area (Å²) in [4.78, 5) is 11.4. The summed E-state index contributed by atoms with van der Waals surface area (Å²) in [6, 6.07) is 17.2. The van der Waals surface area contributed by atoms with E-state index in [1.807, 2.05) is 54.6 Å². The zero-order valence-corrected chi connectivity index (χ0v) is 13.6. The van der Waals surface area contributed by atoms with E-state index < -0.39 is 0 Å². The van der Waals surface area contributed by atoms with Crippen LogP contribution >= 0.6 is 11.6 Å². The van der Waals surface area contributed by atoms with Crippen molar-refractivity contribution in [1.82, 2.24) is 4.90 Å². The molecule has 0 spiro atoms. The molecule has 5 heteroatoms. The summed E-state index contributed by atoms with van der Waals surface area (Å²) in [5, 5.41) is 0.693. The van der Waals surface area contributed by atoms with Gasteiger partial charge in [0.1, 0.15) is 5.84 Å². The number of aliphatic imine (C=N–C) groups is 2. The molecule has 4 nitrogen and oxygen atoms in total. The van der Waals surface area contributed by atoms with E-state index in [0.717, 1.165) is 37.2 Å². The smallest absolute Gasteiger partial charge is 0.227 e. The number of hydrogen-bond donors (Lipinski definition) is 1. The van der Waals surface area contributed by atoms with Crippen molar-refractivity contribution in [2.75, 3.05) is 13.1 Å². The molecular weight excluding hydrogens is 308 g/mol. The second-order valence-electron chi connectivity index (χ2n) is 5.45. The highest BCUT2D eigenvalue weighted by atomic mass is 35.5. The summed E-state index contributed by atoms with van der Waals surface area (Å²) in [5.41, 5.74) is 7.88. The summed E-state index contributed by atoms with van der Waals surface area (Å²) in [5.74, 6) is 1.14. The van der Waals surface area contributed by atoms with Crippen LogP contribution in [0.5, 0.6) is 0 Å². The van der Waals surface area contributed by atoms with Gasteiger partial charge in [0, 0.05) is 23.7 Å². The van der Waals surface area contributed by atoms with Crippen molar-refractivity contribution in [2.24, 2.45) is 15.7 Å². The number of amidine groups is 1. The second-order valence-corrected chi connectivity index (χ2v) is 5.88. The van der Waals surface area contributed by atoms with Crippen LogP contribution in [0.25, 0.3) is 0 Å². The van der Waals surface area contributed by atoms with Gasteiger partial charge in [-0.05, 0) is 37.1 Å². The van der Waals surface area contributed by atoms with Gasteiger partial charge in [0.25, 0.3) is 0 Å². The topological polar surface area (TPSA) is 54.0 Å². The summed E-state index contributed by atoms with van der Waals surface area (Å²) in [6.45, 7) is 1.91. The van der Waals surface area contributed by atoms with Crippen LogP contribution in [0.4, 0.5) is 5.69 Å². The lowest BCUT2D eigenvalue weighted by atomic mass is 10.2. The van der Waals surface area contributed by atoms with E-state index in [9.17, 15) is 0 Å². The third-order valence-corrected chi connectivity index (χ3v) is 3.99. The maximum Gasteiger partial charge on any atom is 0.227 e. The molecule has 0 bridgehead atoms. The maximum atomic E-state index is 6.16. The minimum atomic E-state index is 0.477. The van der Waals surface area contributed by atoms with Crippen LogP contribution in [-0.4, -0.2) is 29.8 Å². The van der Waals surface area contributed by atoms with Crippen LogP contribution in [0.3, 0.4) is 0 Å². The number of halogens is 1. The molecule has 0 radical (unpaired) electrons. The van der Waals surface area contributed by atoms with Crippen molar-refractivity contribution in [3.05, 3.63) is 65.2 Å². The van der Waals surface area contributed by atoms with Gasteiger partial charge in [0.15, 0.2) is 0 Å². The van der Waals surface area contributed by atoms with Crippen molar-refractivity contribution < 1.29 is 0 Å². The predicted molar refractivity (Wildman–Crippen MR) is 96.5 cm³/mol. The fourth-order valence-electron chi connectivity index (χ4n) is 2.50. The van der Waals surface area contributed by atoms with E-state index in [4.69, 9.17) is 17.3 Å². The summed E-state index contributed by atoms with van der Waals surface area (Å²) < 4.78 is 0. The number of nitrogens with zero attached hydrogens (tertiary/aromatic N) is 3. The summed E-state index contributed by atoms with van der Waals surface area (Å²) in [6.07, 6.45) is 2.31. The molecule has 3 rings (SSSR count). The van der Waals surface area contributed by atoms with Crippen LogP contribution in [0, 0.1) is 0 Å². The van der Waals surface area contributed by atoms with E-state index in [2.05, 4.69) is 14.9 Å². The highest BCUT2D eigenvalue weighted by Crippen LogP contribution is 2.19. The normalized spacial score (nSPS) is 16.0. The molecule has 118 valence electrons. The Balaban J connectivity index is 1.94. The highest BCUT2D eigenvalue weighted by Gasteiger charge is 2.16. The first kappa shape index (κ1) is 15.6. The number of hydrogen-bond acceptors (Lipinski definition) is 1. The van der Waals surface area contributed by atoms with Gasteiger partial charge in [-0.15, -0.1) is 0 Å². The number of likely N-dealkylation sites (tertiary alicyclic amines) is 1. The molecule has 2 N–H and O–H groups in total. The molecular formula is C18H19ClN4. The van der Waals surface area contributed by atoms with E-state index in [1.165, 1.54) is 0 Å². The maximum absolute atomic E-state index is 6.16. The van der Waals surface area contributed by atoms with Crippen molar-refractivity contribution in [3.63, 3.8) is 0 Å². The second kappa shape index (κ2) is 7.29. The van der Waals surface area contributed by atoms with Gasteiger partial charge in [-0.1, -0.05) is 41.9 Å². The molecule has 0 amide bonds. The fraction of sp³-hybridized carbons (Fsp3) is 0.222. The molecule has 0 unspecified atom stereocenters. The molecule has 2 aromatic rings. The molecule has 1 aliphatic heterocycles. The third-order valence-electron chi connectivity index (χ3n) is 3.73. The van der Waals surface area contributed by atoms with Gasteiger partial charge in [-0.25, -0.2) is 4.99 Å². The van der Waals surface area contributed by atoms with Gasteiger partial charge < -0.3 is 10.6 Å². The lowest BCUT2D eigenvalue weighted by molar-refractivity contribution is 0.514.